The third kappa shape index (κ3) is 4.48. The molecule has 1 heterocycles. The number of halogens is 2. The van der Waals surface area contributed by atoms with Gasteiger partial charge in [0, 0.05) is 11.8 Å². The highest BCUT2D eigenvalue weighted by Crippen LogP contribution is 2.28. The number of pyridine rings is 1. The van der Waals surface area contributed by atoms with Gasteiger partial charge in [0.2, 0.25) is 15.9 Å². The van der Waals surface area contributed by atoms with E-state index in [1.165, 1.54) is 10.8 Å². The molecule has 0 aliphatic carbocycles. The number of nitrogens with zero attached hydrogens (tertiary/aromatic N) is 2. The zero-order valence-corrected chi connectivity index (χ0v) is 13.8. The van der Waals surface area contributed by atoms with Crippen LogP contribution in [0.15, 0.2) is 24.3 Å². The molecule has 2 rings (SSSR count). The molecule has 0 saturated heterocycles. The Hall–Kier alpha value is -3.06. The highest BCUT2D eigenvalue weighted by Gasteiger charge is 2.20. The maximum absolute atomic E-state index is 14.1. The number of ether oxygens (including phenoxy) is 1. The van der Waals surface area contributed by atoms with Gasteiger partial charge in [-0.25, -0.2) is 26.9 Å². The van der Waals surface area contributed by atoms with Crippen molar-refractivity contribution in [3.8, 4) is 17.7 Å². The van der Waals surface area contributed by atoms with Gasteiger partial charge < -0.3 is 4.74 Å². The second kappa shape index (κ2) is 6.82. The Morgan fingerprint density at radius 1 is 1.28 bits per heavy atom. The number of aromatic nitrogens is 1. The Kier molecular flexibility index (Phi) is 4.99. The van der Waals surface area contributed by atoms with Gasteiger partial charge in [0.25, 0.3) is 5.91 Å². The van der Waals surface area contributed by atoms with Gasteiger partial charge in [-0.15, -0.1) is 0 Å². The first-order valence-electron chi connectivity index (χ1n) is 6.67. The van der Waals surface area contributed by atoms with Crippen molar-refractivity contribution in [2.24, 2.45) is 0 Å². The number of carbonyl (C=O) groups is 1. The van der Waals surface area contributed by atoms with Gasteiger partial charge in [0.1, 0.15) is 17.4 Å². The molecular formula is C15H11F2N3O4S. The average Bonchev–Trinajstić information content (AvgIpc) is 2.49. The zero-order valence-electron chi connectivity index (χ0n) is 13.0. The molecule has 0 radical (unpaired) electrons. The van der Waals surface area contributed by atoms with Crippen LogP contribution in [0.25, 0.3) is 0 Å². The van der Waals surface area contributed by atoms with Gasteiger partial charge >= 0.3 is 0 Å². The van der Waals surface area contributed by atoms with Crippen LogP contribution in [0.4, 0.5) is 8.78 Å². The third-order valence-corrected chi connectivity index (χ3v) is 3.43. The van der Waals surface area contributed by atoms with Gasteiger partial charge in [-0.3, -0.25) is 4.79 Å². The van der Waals surface area contributed by atoms with Gasteiger partial charge in [0.05, 0.1) is 11.8 Å². The summed E-state index contributed by atoms with van der Waals surface area (Å²) in [5.41, 5.74) is -0.323. The van der Waals surface area contributed by atoms with E-state index >= 15 is 0 Å². The number of nitrogens with one attached hydrogen (secondary N) is 1. The van der Waals surface area contributed by atoms with Gasteiger partial charge in [-0.05, 0) is 25.1 Å². The van der Waals surface area contributed by atoms with Gasteiger partial charge in [-0.2, -0.15) is 5.26 Å². The summed E-state index contributed by atoms with van der Waals surface area (Å²) in [6.45, 7) is 1.61. The molecule has 0 aliphatic rings. The lowest BCUT2D eigenvalue weighted by Gasteiger charge is -2.10. The van der Waals surface area contributed by atoms with Crippen LogP contribution >= 0.6 is 0 Å². The minimum atomic E-state index is -3.94. The summed E-state index contributed by atoms with van der Waals surface area (Å²) in [6.07, 6.45) is 0.698. The summed E-state index contributed by atoms with van der Waals surface area (Å²) < 4.78 is 56.8. The average molecular weight is 367 g/mol. The summed E-state index contributed by atoms with van der Waals surface area (Å²) in [5.74, 6) is -4.50. The largest absolute Gasteiger partial charge is 0.434 e. The summed E-state index contributed by atoms with van der Waals surface area (Å²) in [4.78, 5) is 15.6. The molecule has 10 heteroatoms. The van der Waals surface area contributed by atoms with Crippen molar-refractivity contribution in [1.82, 2.24) is 9.71 Å². The summed E-state index contributed by atoms with van der Waals surface area (Å²) >= 11 is 0. The minimum absolute atomic E-state index is 0.00399. The highest BCUT2D eigenvalue weighted by molar-refractivity contribution is 7.89. The van der Waals surface area contributed by atoms with E-state index in [-0.39, 0.29) is 11.4 Å². The van der Waals surface area contributed by atoms with E-state index in [4.69, 9.17) is 10.00 Å². The standard InChI is InChI=1S/C15H11F2N3O4S/c1-8-3-4-9(7-18)15(19-8)24-13-6-11(16)10(5-12(13)17)14(21)20-25(2,22)23/h3-6H,1-2H3,(H,20,21). The SMILES string of the molecule is Cc1ccc(C#N)c(Oc2cc(F)c(C(=O)NS(C)(=O)=O)cc2F)n1. The van der Waals surface area contributed by atoms with Crippen molar-refractivity contribution in [3.63, 3.8) is 0 Å². The maximum Gasteiger partial charge on any atom is 0.267 e. The first-order chi connectivity index (χ1) is 11.6. The van der Waals surface area contributed by atoms with Crippen molar-refractivity contribution < 1.29 is 26.7 Å². The molecule has 130 valence electrons. The Labute approximate surface area is 141 Å². The lowest BCUT2D eigenvalue weighted by Crippen LogP contribution is -2.30. The van der Waals surface area contributed by atoms with E-state index in [2.05, 4.69) is 4.98 Å². The van der Waals surface area contributed by atoms with E-state index in [1.807, 2.05) is 0 Å². The van der Waals surface area contributed by atoms with Crippen molar-refractivity contribution in [3.05, 3.63) is 52.7 Å². The van der Waals surface area contributed by atoms with Crippen molar-refractivity contribution in [1.29, 1.82) is 5.26 Å². The molecule has 0 saturated carbocycles. The normalized spacial score (nSPS) is 10.8. The van der Waals surface area contributed by atoms with Gasteiger partial charge in [-0.1, -0.05) is 0 Å². The highest BCUT2D eigenvalue weighted by atomic mass is 32.2. The third-order valence-electron chi connectivity index (χ3n) is 2.87. The predicted molar refractivity (Wildman–Crippen MR) is 82.4 cm³/mol. The quantitative estimate of drug-likeness (QED) is 0.885. The van der Waals surface area contributed by atoms with Crippen LogP contribution in [0.3, 0.4) is 0 Å². The molecule has 1 aromatic heterocycles. The first kappa shape index (κ1) is 18.3. The van der Waals surface area contributed by atoms with Crippen LogP contribution < -0.4 is 9.46 Å². The number of carbonyl (C=O) groups excluding carboxylic acids is 1. The number of sulfonamides is 1. The Morgan fingerprint density at radius 2 is 1.96 bits per heavy atom. The lowest BCUT2D eigenvalue weighted by molar-refractivity contribution is 0.0977. The number of benzene rings is 1. The molecule has 1 N–H and O–H groups in total. The van der Waals surface area contributed by atoms with E-state index < -0.39 is 38.9 Å². The van der Waals surface area contributed by atoms with Crippen molar-refractivity contribution in [2.45, 2.75) is 6.92 Å². The van der Waals surface area contributed by atoms with Crippen LogP contribution in [0.5, 0.6) is 11.6 Å². The minimum Gasteiger partial charge on any atom is -0.434 e. The smallest absolute Gasteiger partial charge is 0.267 e. The van der Waals surface area contributed by atoms with E-state index in [0.29, 0.717) is 24.1 Å². The molecule has 7 nitrogen and oxygen atoms in total. The van der Waals surface area contributed by atoms with E-state index in [9.17, 15) is 22.0 Å². The topological polar surface area (TPSA) is 109 Å². The van der Waals surface area contributed by atoms with E-state index in [1.54, 1.807) is 19.1 Å². The summed E-state index contributed by atoms with van der Waals surface area (Å²) in [5, 5.41) is 8.99. The Morgan fingerprint density at radius 3 is 2.56 bits per heavy atom. The van der Waals surface area contributed by atoms with Crippen LogP contribution in [0, 0.1) is 29.9 Å². The second-order valence-electron chi connectivity index (χ2n) is 4.99. The van der Waals surface area contributed by atoms with Crippen LogP contribution in [0.1, 0.15) is 21.6 Å². The molecule has 1 amide bonds. The fraction of sp³-hybridized carbons (Fsp3) is 0.133. The monoisotopic (exact) mass is 367 g/mol. The fourth-order valence-electron chi connectivity index (χ4n) is 1.80. The molecular weight excluding hydrogens is 356 g/mol. The number of aryl methyl sites for hydroxylation is 1. The summed E-state index contributed by atoms with van der Waals surface area (Å²) in [6, 6.07) is 5.80. The number of hydrogen-bond donors (Lipinski definition) is 1. The van der Waals surface area contributed by atoms with Crippen LogP contribution in [-0.2, 0) is 10.0 Å². The molecule has 1 aromatic carbocycles. The Bertz CT molecular complexity index is 1000. The van der Waals surface area contributed by atoms with Crippen molar-refractivity contribution in [2.75, 3.05) is 6.26 Å². The molecule has 2 aromatic rings. The lowest BCUT2D eigenvalue weighted by atomic mass is 10.2. The van der Waals surface area contributed by atoms with Crippen LogP contribution in [0.2, 0.25) is 0 Å². The molecule has 0 atom stereocenters. The molecule has 0 unspecified atom stereocenters. The molecule has 0 spiro atoms. The molecule has 0 bridgehead atoms. The van der Waals surface area contributed by atoms with E-state index in [0.717, 1.165) is 0 Å². The number of rotatable bonds is 4. The molecule has 0 aliphatic heterocycles. The summed E-state index contributed by atoms with van der Waals surface area (Å²) in [7, 11) is -3.94. The number of amides is 1. The first-order valence-corrected chi connectivity index (χ1v) is 8.56. The zero-order chi connectivity index (χ0) is 18.8. The maximum atomic E-state index is 14.1. The van der Waals surface area contributed by atoms with Crippen LogP contribution in [-0.4, -0.2) is 25.6 Å². The number of nitriles is 1. The Balaban J connectivity index is 2.40. The predicted octanol–water partition coefficient (Wildman–Crippen LogP) is 2.02. The fourth-order valence-corrected chi connectivity index (χ4v) is 2.25. The second-order valence-corrected chi connectivity index (χ2v) is 6.73. The molecule has 0 fully saturated rings. The van der Waals surface area contributed by atoms with Gasteiger partial charge in [0.15, 0.2) is 11.6 Å². The van der Waals surface area contributed by atoms with Crippen molar-refractivity contribution >= 4 is 15.9 Å². The number of hydrogen-bond acceptors (Lipinski definition) is 6. The molecule has 25 heavy (non-hydrogen) atoms.